The molecule has 1 N–H and O–H groups in total. The fourth-order valence-corrected chi connectivity index (χ4v) is 2.21. The minimum Gasteiger partial charge on any atom is -0.379 e. The fourth-order valence-electron chi connectivity index (χ4n) is 2.21. The summed E-state index contributed by atoms with van der Waals surface area (Å²) in [5, 5.41) is 3.56. The number of hydrogen-bond donors (Lipinski definition) is 1. The van der Waals surface area contributed by atoms with Gasteiger partial charge in [0.1, 0.15) is 0 Å². The Morgan fingerprint density at radius 1 is 1.05 bits per heavy atom. The Kier molecular flexibility index (Phi) is 7.76. The number of ether oxygens (including phenoxy) is 1. The third kappa shape index (κ3) is 6.74. The van der Waals surface area contributed by atoms with E-state index < -0.39 is 0 Å². The highest BCUT2D eigenvalue weighted by Gasteiger charge is 2.14. The van der Waals surface area contributed by atoms with Crippen molar-refractivity contribution in [3.05, 3.63) is 35.9 Å². The molecule has 0 aromatic heterocycles. The predicted molar refractivity (Wildman–Crippen MR) is 82.6 cm³/mol. The number of benzene rings is 1. The summed E-state index contributed by atoms with van der Waals surface area (Å²) >= 11 is 0. The summed E-state index contributed by atoms with van der Waals surface area (Å²) in [5.74, 6) is 1.24. The van der Waals surface area contributed by atoms with Crippen LogP contribution in [0.25, 0.3) is 0 Å². The molecule has 0 fully saturated rings. The first-order valence-corrected chi connectivity index (χ1v) is 7.48. The van der Waals surface area contributed by atoms with E-state index in [0.717, 1.165) is 26.1 Å². The van der Waals surface area contributed by atoms with Crippen molar-refractivity contribution in [2.45, 2.75) is 46.1 Å². The van der Waals surface area contributed by atoms with Crippen molar-refractivity contribution in [3.63, 3.8) is 0 Å². The Balaban J connectivity index is 2.28. The van der Waals surface area contributed by atoms with E-state index in [2.05, 4.69) is 63.3 Å². The fraction of sp³-hybridized carbons (Fsp3) is 0.647. The molecule has 2 heteroatoms. The topological polar surface area (TPSA) is 21.3 Å². The van der Waals surface area contributed by atoms with Crippen molar-refractivity contribution in [2.75, 3.05) is 19.7 Å². The highest BCUT2D eigenvalue weighted by molar-refractivity contribution is 5.20. The van der Waals surface area contributed by atoms with Crippen LogP contribution >= 0.6 is 0 Å². The smallest absolute Gasteiger partial charge is 0.0518 e. The van der Waals surface area contributed by atoms with Crippen LogP contribution in [0.3, 0.4) is 0 Å². The van der Waals surface area contributed by atoms with Gasteiger partial charge in [-0.15, -0.1) is 0 Å². The lowest BCUT2D eigenvalue weighted by Crippen LogP contribution is -2.26. The molecule has 1 atom stereocenters. The van der Waals surface area contributed by atoms with E-state index in [1.807, 2.05) is 0 Å². The number of nitrogens with one attached hydrogen (secondary N) is 1. The summed E-state index contributed by atoms with van der Waals surface area (Å²) < 4.78 is 5.54. The van der Waals surface area contributed by atoms with Crippen LogP contribution in [-0.4, -0.2) is 25.8 Å². The van der Waals surface area contributed by atoms with Gasteiger partial charge in [0.15, 0.2) is 0 Å². The van der Waals surface area contributed by atoms with Crippen LogP contribution in [0.4, 0.5) is 0 Å². The van der Waals surface area contributed by atoms with E-state index in [0.29, 0.717) is 17.9 Å². The Labute approximate surface area is 118 Å². The van der Waals surface area contributed by atoms with E-state index in [4.69, 9.17) is 4.74 Å². The summed E-state index contributed by atoms with van der Waals surface area (Å²) in [6.07, 6.45) is 1.42. The van der Waals surface area contributed by atoms with Gasteiger partial charge in [0.2, 0.25) is 0 Å². The standard InChI is InChI=1S/C17H29NO/c1-14(2)17(16-9-6-5-7-10-16)13-18-11-8-12-19-15(3)4/h5-7,9-10,14-15,17-18H,8,11-13H2,1-4H3. The molecule has 1 aromatic carbocycles. The normalized spacial score (nSPS) is 13.2. The highest BCUT2D eigenvalue weighted by Crippen LogP contribution is 2.23. The maximum absolute atomic E-state index is 5.54. The number of rotatable bonds is 9. The Bertz CT molecular complexity index is 321. The minimum absolute atomic E-state index is 0.340. The zero-order valence-electron chi connectivity index (χ0n) is 12.9. The van der Waals surface area contributed by atoms with Crippen molar-refractivity contribution < 1.29 is 4.74 Å². The average molecular weight is 263 g/mol. The first-order valence-electron chi connectivity index (χ1n) is 7.48. The van der Waals surface area contributed by atoms with Crippen molar-refractivity contribution in [3.8, 4) is 0 Å². The third-order valence-corrected chi connectivity index (χ3v) is 3.35. The van der Waals surface area contributed by atoms with Gasteiger partial charge in [-0.25, -0.2) is 0 Å². The van der Waals surface area contributed by atoms with Crippen LogP contribution < -0.4 is 5.32 Å². The second-order valence-electron chi connectivity index (χ2n) is 5.74. The molecule has 19 heavy (non-hydrogen) atoms. The maximum atomic E-state index is 5.54. The Morgan fingerprint density at radius 3 is 2.32 bits per heavy atom. The molecule has 0 spiro atoms. The van der Waals surface area contributed by atoms with E-state index >= 15 is 0 Å². The summed E-state index contributed by atoms with van der Waals surface area (Å²) in [6, 6.07) is 10.8. The van der Waals surface area contributed by atoms with Gasteiger partial charge in [0.25, 0.3) is 0 Å². The first-order chi connectivity index (χ1) is 9.11. The van der Waals surface area contributed by atoms with Gasteiger partial charge >= 0.3 is 0 Å². The van der Waals surface area contributed by atoms with Crippen molar-refractivity contribution >= 4 is 0 Å². The molecule has 0 radical (unpaired) electrons. The van der Waals surface area contributed by atoms with Crippen LogP contribution in [0, 0.1) is 5.92 Å². The predicted octanol–water partition coefficient (Wildman–Crippen LogP) is 3.83. The molecule has 0 aliphatic rings. The van der Waals surface area contributed by atoms with E-state index in [-0.39, 0.29) is 0 Å². The second kappa shape index (κ2) is 9.11. The molecular weight excluding hydrogens is 234 g/mol. The quantitative estimate of drug-likeness (QED) is 0.684. The molecule has 1 aromatic rings. The molecule has 2 nitrogen and oxygen atoms in total. The third-order valence-electron chi connectivity index (χ3n) is 3.35. The van der Waals surface area contributed by atoms with Crippen LogP contribution in [-0.2, 0) is 4.74 Å². The van der Waals surface area contributed by atoms with Gasteiger partial charge in [0, 0.05) is 13.2 Å². The van der Waals surface area contributed by atoms with Crippen LogP contribution in [0.5, 0.6) is 0 Å². The van der Waals surface area contributed by atoms with Gasteiger partial charge in [-0.1, -0.05) is 44.2 Å². The van der Waals surface area contributed by atoms with Crippen LogP contribution in [0.1, 0.15) is 45.6 Å². The Hall–Kier alpha value is -0.860. The number of hydrogen-bond acceptors (Lipinski definition) is 2. The van der Waals surface area contributed by atoms with Gasteiger partial charge in [-0.05, 0) is 44.2 Å². The molecule has 0 saturated heterocycles. The summed E-state index contributed by atoms with van der Waals surface area (Å²) in [6.45, 7) is 11.7. The van der Waals surface area contributed by atoms with Crippen molar-refractivity contribution in [2.24, 2.45) is 5.92 Å². The van der Waals surface area contributed by atoms with Gasteiger partial charge in [0.05, 0.1) is 6.10 Å². The van der Waals surface area contributed by atoms with Gasteiger partial charge in [-0.2, -0.15) is 0 Å². The molecule has 108 valence electrons. The lowest BCUT2D eigenvalue weighted by Gasteiger charge is -2.22. The first kappa shape index (κ1) is 16.2. The Morgan fingerprint density at radius 2 is 1.74 bits per heavy atom. The zero-order chi connectivity index (χ0) is 14.1. The minimum atomic E-state index is 0.340. The molecule has 0 aliphatic carbocycles. The van der Waals surface area contributed by atoms with Crippen molar-refractivity contribution in [1.29, 1.82) is 0 Å². The molecule has 0 aliphatic heterocycles. The molecule has 0 bridgehead atoms. The van der Waals surface area contributed by atoms with E-state index in [1.54, 1.807) is 0 Å². The molecule has 0 saturated carbocycles. The molecular formula is C17H29NO. The summed E-state index contributed by atoms with van der Waals surface area (Å²) in [4.78, 5) is 0. The monoisotopic (exact) mass is 263 g/mol. The summed E-state index contributed by atoms with van der Waals surface area (Å²) in [7, 11) is 0. The lowest BCUT2D eigenvalue weighted by molar-refractivity contribution is 0.0770. The van der Waals surface area contributed by atoms with Crippen LogP contribution in [0.15, 0.2) is 30.3 Å². The molecule has 1 rings (SSSR count). The lowest BCUT2D eigenvalue weighted by atomic mass is 9.88. The van der Waals surface area contributed by atoms with Gasteiger partial charge < -0.3 is 10.1 Å². The molecule has 0 amide bonds. The van der Waals surface area contributed by atoms with Gasteiger partial charge in [-0.3, -0.25) is 0 Å². The molecule has 1 unspecified atom stereocenters. The molecule has 0 heterocycles. The average Bonchev–Trinajstić information content (AvgIpc) is 2.38. The zero-order valence-corrected chi connectivity index (χ0v) is 12.9. The van der Waals surface area contributed by atoms with E-state index in [9.17, 15) is 0 Å². The SMILES string of the molecule is CC(C)OCCCNCC(c1ccccc1)C(C)C. The second-order valence-corrected chi connectivity index (χ2v) is 5.74. The summed E-state index contributed by atoms with van der Waals surface area (Å²) in [5.41, 5.74) is 1.43. The van der Waals surface area contributed by atoms with E-state index in [1.165, 1.54) is 5.56 Å². The highest BCUT2D eigenvalue weighted by atomic mass is 16.5. The maximum Gasteiger partial charge on any atom is 0.0518 e. The van der Waals surface area contributed by atoms with Crippen LogP contribution in [0.2, 0.25) is 0 Å². The van der Waals surface area contributed by atoms with Crippen molar-refractivity contribution in [1.82, 2.24) is 5.32 Å². The largest absolute Gasteiger partial charge is 0.379 e.